The summed E-state index contributed by atoms with van der Waals surface area (Å²) in [7, 11) is 1.59. The van der Waals surface area contributed by atoms with Gasteiger partial charge < -0.3 is 14.5 Å². The molecule has 0 spiro atoms. The van der Waals surface area contributed by atoms with Crippen molar-refractivity contribution in [2.24, 2.45) is 5.92 Å². The highest BCUT2D eigenvalue weighted by molar-refractivity contribution is 8.23. The summed E-state index contributed by atoms with van der Waals surface area (Å²) in [5.41, 5.74) is 0.675. The molecule has 0 radical (unpaired) electrons. The van der Waals surface area contributed by atoms with Crippen LogP contribution in [0, 0.1) is 11.7 Å². The molecule has 1 amide bonds. The van der Waals surface area contributed by atoms with Gasteiger partial charge in [0.15, 0.2) is 6.61 Å². The number of hydrogen-bond donors (Lipinski definition) is 0. The molecule has 1 saturated heterocycles. The molecule has 1 fully saturated rings. The molecule has 1 heterocycles. The lowest BCUT2D eigenvalue weighted by molar-refractivity contribution is -0.149. The topological polar surface area (TPSA) is 49.9 Å². The third kappa shape index (κ3) is 7.46. The molecule has 0 aliphatic carbocycles. The molecule has 0 saturated carbocycles. The maximum absolute atomic E-state index is 13.2. The van der Waals surface area contributed by atoms with Crippen molar-refractivity contribution in [3.63, 3.8) is 0 Å². The third-order valence-electron chi connectivity index (χ3n) is 4.45. The molecule has 1 aromatic rings. The number of halogens is 1. The number of likely N-dealkylation sites (N-methyl/N-ethyl adjacent to an activating group) is 1. The zero-order chi connectivity index (χ0) is 19.8. The van der Waals surface area contributed by atoms with Gasteiger partial charge in [0, 0.05) is 26.7 Å². The van der Waals surface area contributed by atoms with E-state index >= 15 is 0 Å². The van der Waals surface area contributed by atoms with E-state index in [-0.39, 0.29) is 30.6 Å². The second-order valence-corrected chi connectivity index (χ2v) is 8.37. The first-order chi connectivity index (χ1) is 12.8. The van der Waals surface area contributed by atoms with Crippen LogP contribution in [0.5, 0.6) is 0 Å². The Bertz CT molecular complexity index is 679. The van der Waals surface area contributed by atoms with Crippen molar-refractivity contribution in [3.05, 3.63) is 35.6 Å². The van der Waals surface area contributed by atoms with Crippen LogP contribution in [0.25, 0.3) is 0 Å². The number of amides is 1. The number of thioether (sulfide) groups is 1. The number of esters is 1. The normalized spacial score (nSPS) is 14.7. The number of rotatable bonds is 6. The van der Waals surface area contributed by atoms with Crippen molar-refractivity contribution in [2.75, 3.05) is 32.5 Å². The molecule has 27 heavy (non-hydrogen) atoms. The number of piperidine rings is 1. The van der Waals surface area contributed by atoms with Gasteiger partial charge in [0.2, 0.25) is 0 Å². The summed E-state index contributed by atoms with van der Waals surface area (Å²) in [5, 5.41) is 0. The Morgan fingerprint density at radius 2 is 2.07 bits per heavy atom. The summed E-state index contributed by atoms with van der Waals surface area (Å²) in [6.45, 7) is 3.99. The highest BCUT2D eigenvalue weighted by Gasteiger charge is 2.19. The van der Waals surface area contributed by atoms with Gasteiger partial charge in [0.05, 0.1) is 5.75 Å². The van der Waals surface area contributed by atoms with Crippen LogP contribution < -0.4 is 0 Å². The van der Waals surface area contributed by atoms with Crippen LogP contribution in [-0.2, 0) is 20.9 Å². The summed E-state index contributed by atoms with van der Waals surface area (Å²) in [5.74, 6) is -0.359. The molecule has 1 aromatic carbocycles. The van der Waals surface area contributed by atoms with E-state index in [1.807, 2.05) is 0 Å². The van der Waals surface area contributed by atoms with Gasteiger partial charge in [-0.2, -0.15) is 0 Å². The molecule has 148 valence electrons. The molecule has 1 aliphatic heterocycles. The van der Waals surface area contributed by atoms with Gasteiger partial charge in [-0.1, -0.05) is 43.0 Å². The predicted molar refractivity (Wildman–Crippen MR) is 109 cm³/mol. The van der Waals surface area contributed by atoms with Gasteiger partial charge in [-0.15, -0.1) is 0 Å². The summed E-state index contributed by atoms with van der Waals surface area (Å²) < 4.78 is 18.9. The molecule has 8 heteroatoms. The Kier molecular flexibility index (Phi) is 8.50. The van der Waals surface area contributed by atoms with E-state index in [2.05, 4.69) is 11.8 Å². The number of hydrogen-bond acceptors (Lipinski definition) is 5. The van der Waals surface area contributed by atoms with Crippen LogP contribution in [0.2, 0.25) is 0 Å². The van der Waals surface area contributed by atoms with Gasteiger partial charge in [-0.05, 0) is 36.5 Å². The third-order valence-corrected chi connectivity index (χ3v) is 5.94. The van der Waals surface area contributed by atoms with Crippen molar-refractivity contribution in [3.8, 4) is 0 Å². The lowest BCUT2D eigenvalue weighted by Gasteiger charge is -2.31. The zero-order valence-electron chi connectivity index (χ0n) is 15.7. The van der Waals surface area contributed by atoms with Crippen molar-refractivity contribution in [1.82, 2.24) is 9.80 Å². The Morgan fingerprint density at radius 3 is 2.74 bits per heavy atom. The minimum Gasteiger partial charge on any atom is -0.455 e. The van der Waals surface area contributed by atoms with Crippen LogP contribution in [-0.4, -0.2) is 58.5 Å². The number of carbonyl (C=O) groups excluding carboxylic acids is 2. The van der Waals surface area contributed by atoms with E-state index < -0.39 is 5.97 Å². The number of ether oxygens (including phenoxy) is 1. The summed E-state index contributed by atoms with van der Waals surface area (Å²) >= 11 is 6.64. The highest BCUT2D eigenvalue weighted by atomic mass is 32.2. The molecule has 1 aliphatic rings. The van der Waals surface area contributed by atoms with Crippen LogP contribution in [0.1, 0.15) is 25.3 Å². The SMILES string of the molecule is CC1CCN(C(=S)SCC(=O)OCC(=O)N(C)Cc2cccc(F)c2)CC1. The second kappa shape index (κ2) is 10.6. The minimum atomic E-state index is -0.472. The molecule has 2 rings (SSSR count). The monoisotopic (exact) mass is 412 g/mol. The highest BCUT2D eigenvalue weighted by Crippen LogP contribution is 2.20. The van der Waals surface area contributed by atoms with Gasteiger partial charge in [-0.3, -0.25) is 9.59 Å². The predicted octanol–water partition coefficient (Wildman–Crippen LogP) is 3.08. The van der Waals surface area contributed by atoms with Gasteiger partial charge in [0.25, 0.3) is 5.91 Å². The first-order valence-electron chi connectivity index (χ1n) is 8.91. The Hall–Kier alpha value is -1.67. The molecule has 0 bridgehead atoms. The minimum absolute atomic E-state index is 0.0891. The van der Waals surface area contributed by atoms with E-state index in [0.717, 1.165) is 31.8 Å². The van der Waals surface area contributed by atoms with E-state index in [1.54, 1.807) is 19.2 Å². The van der Waals surface area contributed by atoms with Gasteiger partial charge >= 0.3 is 5.97 Å². The largest absolute Gasteiger partial charge is 0.455 e. The van der Waals surface area contributed by atoms with Crippen LogP contribution in [0.15, 0.2) is 24.3 Å². The van der Waals surface area contributed by atoms with Gasteiger partial charge in [-0.25, -0.2) is 4.39 Å². The quantitative estimate of drug-likeness (QED) is 0.529. The van der Waals surface area contributed by atoms with E-state index in [1.165, 1.54) is 28.8 Å². The second-order valence-electron chi connectivity index (χ2n) is 6.76. The molecule has 0 N–H and O–H groups in total. The number of nitrogens with zero attached hydrogens (tertiary/aromatic N) is 2. The summed E-state index contributed by atoms with van der Waals surface area (Å²) in [6, 6.07) is 6.04. The number of carbonyl (C=O) groups is 2. The first-order valence-corrected chi connectivity index (χ1v) is 10.3. The van der Waals surface area contributed by atoms with Crippen molar-refractivity contribution < 1.29 is 18.7 Å². The number of likely N-dealkylation sites (tertiary alicyclic amines) is 1. The van der Waals surface area contributed by atoms with Crippen molar-refractivity contribution in [2.45, 2.75) is 26.3 Å². The standard InChI is InChI=1S/C19H25FN2O3S2/c1-14-6-8-22(9-7-14)19(26)27-13-18(24)25-12-17(23)21(2)11-15-4-3-5-16(20)10-15/h3-5,10,14H,6-9,11-13H2,1-2H3. The van der Waals surface area contributed by atoms with Crippen LogP contribution >= 0.6 is 24.0 Å². The average molecular weight is 413 g/mol. The lowest BCUT2D eigenvalue weighted by Crippen LogP contribution is -2.36. The van der Waals surface area contributed by atoms with Crippen LogP contribution in [0.4, 0.5) is 4.39 Å². The number of thiocarbonyl (C=S) groups is 1. The smallest absolute Gasteiger partial charge is 0.316 e. The molecule has 0 aromatic heterocycles. The fraction of sp³-hybridized carbons (Fsp3) is 0.526. The molecule has 5 nitrogen and oxygen atoms in total. The Morgan fingerprint density at radius 1 is 1.37 bits per heavy atom. The maximum atomic E-state index is 13.2. The summed E-state index contributed by atoms with van der Waals surface area (Å²) in [4.78, 5) is 27.5. The van der Waals surface area contributed by atoms with E-state index in [4.69, 9.17) is 17.0 Å². The Labute approximate surface area is 169 Å². The van der Waals surface area contributed by atoms with Crippen LogP contribution in [0.3, 0.4) is 0 Å². The van der Waals surface area contributed by atoms with Gasteiger partial charge in [0.1, 0.15) is 10.1 Å². The molecule has 0 unspecified atom stereocenters. The first kappa shape index (κ1) is 21.6. The fourth-order valence-electron chi connectivity index (χ4n) is 2.69. The Balaban J connectivity index is 1.66. The zero-order valence-corrected chi connectivity index (χ0v) is 17.3. The fourth-order valence-corrected chi connectivity index (χ4v) is 3.74. The lowest BCUT2D eigenvalue weighted by atomic mass is 10.00. The molecular formula is C19H25FN2O3S2. The molecular weight excluding hydrogens is 387 g/mol. The average Bonchev–Trinajstić information content (AvgIpc) is 2.64. The van der Waals surface area contributed by atoms with Crippen molar-refractivity contribution in [1.29, 1.82) is 0 Å². The van der Waals surface area contributed by atoms with E-state index in [9.17, 15) is 14.0 Å². The maximum Gasteiger partial charge on any atom is 0.316 e. The van der Waals surface area contributed by atoms with E-state index in [0.29, 0.717) is 9.88 Å². The molecule has 0 atom stereocenters. The van der Waals surface area contributed by atoms with Crippen molar-refractivity contribution >= 4 is 40.2 Å². The summed E-state index contributed by atoms with van der Waals surface area (Å²) in [6.07, 6.45) is 2.22. The number of benzene rings is 1.